The predicted molar refractivity (Wildman–Crippen MR) is 81.7 cm³/mol. The van der Waals surface area contributed by atoms with Crippen LogP contribution in [0.25, 0.3) is 0 Å². The number of nitrogens with one attached hydrogen (secondary N) is 1. The fourth-order valence-corrected chi connectivity index (χ4v) is 1.80. The van der Waals surface area contributed by atoms with Crippen LogP contribution in [0.5, 0.6) is 11.5 Å². The van der Waals surface area contributed by atoms with Crippen LogP contribution in [0.15, 0.2) is 18.2 Å². The summed E-state index contributed by atoms with van der Waals surface area (Å²) in [5, 5.41) is 3.38. The highest BCUT2D eigenvalue weighted by Gasteiger charge is 2.08. The predicted octanol–water partition coefficient (Wildman–Crippen LogP) is 2.38. The molecule has 0 bridgehead atoms. The van der Waals surface area contributed by atoms with Gasteiger partial charge in [-0.2, -0.15) is 0 Å². The summed E-state index contributed by atoms with van der Waals surface area (Å²) < 4.78 is 15.5. The maximum Gasteiger partial charge on any atom is 0.308 e. The van der Waals surface area contributed by atoms with Crippen LogP contribution in [-0.4, -0.2) is 33.3 Å². The second kappa shape index (κ2) is 9.23. The first-order valence-electron chi connectivity index (χ1n) is 7.14. The number of esters is 1. The minimum Gasteiger partial charge on any atom is -0.493 e. The van der Waals surface area contributed by atoms with Crippen LogP contribution in [0.2, 0.25) is 0 Å². The third-order valence-electron chi connectivity index (χ3n) is 2.90. The zero-order chi connectivity index (χ0) is 15.7. The molecule has 1 rings (SSSR count). The van der Waals surface area contributed by atoms with Gasteiger partial charge >= 0.3 is 5.97 Å². The number of benzene rings is 1. The summed E-state index contributed by atoms with van der Waals surface area (Å²) in [4.78, 5) is 11.1. The fraction of sp³-hybridized carbons (Fsp3) is 0.562. The van der Waals surface area contributed by atoms with E-state index in [0.29, 0.717) is 17.4 Å². The summed E-state index contributed by atoms with van der Waals surface area (Å²) in [5.41, 5.74) is 1.12. The van der Waals surface area contributed by atoms with E-state index in [9.17, 15) is 4.79 Å². The maximum absolute atomic E-state index is 11.1. The Morgan fingerprint density at radius 2 is 2.00 bits per heavy atom. The molecule has 0 fully saturated rings. The molecule has 0 heterocycles. The van der Waals surface area contributed by atoms with Crippen molar-refractivity contribution in [1.82, 2.24) is 5.32 Å². The van der Waals surface area contributed by atoms with Crippen molar-refractivity contribution in [2.45, 2.75) is 26.8 Å². The van der Waals surface area contributed by atoms with E-state index >= 15 is 0 Å². The van der Waals surface area contributed by atoms with E-state index in [1.165, 1.54) is 7.11 Å². The molecule has 1 N–H and O–H groups in total. The molecule has 21 heavy (non-hydrogen) atoms. The van der Waals surface area contributed by atoms with Gasteiger partial charge in [-0.1, -0.05) is 19.9 Å². The van der Waals surface area contributed by atoms with Gasteiger partial charge in [0.15, 0.2) is 11.5 Å². The van der Waals surface area contributed by atoms with Gasteiger partial charge in [-0.15, -0.1) is 0 Å². The number of carbonyl (C=O) groups excluding carboxylic acids is 1. The van der Waals surface area contributed by atoms with E-state index in [1.54, 1.807) is 7.11 Å². The lowest BCUT2D eigenvalue weighted by Crippen LogP contribution is -2.19. The Morgan fingerprint density at radius 3 is 2.62 bits per heavy atom. The molecule has 0 radical (unpaired) electrons. The molecule has 118 valence electrons. The molecule has 5 nitrogen and oxygen atoms in total. The molecule has 0 saturated carbocycles. The third-order valence-corrected chi connectivity index (χ3v) is 2.90. The van der Waals surface area contributed by atoms with Crippen molar-refractivity contribution in [1.29, 1.82) is 0 Å². The lowest BCUT2D eigenvalue weighted by Gasteiger charge is -2.13. The lowest BCUT2D eigenvalue weighted by atomic mass is 10.2. The normalized spacial score (nSPS) is 10.5. The molecule has 0 spiro atoms. The highest BCUT2D eigenvalue weighted by molar-refractivity contribution is 5.69. The van der Waals surface area contributed by atoms with Crippen LogP contribution in [0.3, 0.4) is 0 Å². The molecule has 0 saturated heterocycles. The number of hydrogen-bond acceptors (Lipinski definition) is 5. The largest absolute Gasteiger partial charge is 0.493 e. The molecular formula is C16H25NO4. The van der Waals surface area contributed by atoms with Crippen LogP contribution >= 0.6 is 0 Å². The van der Waals surface area contributed by atoms with Gasteiger partial charge in [-0.3, -0.25) is 4.79 Å². The van der Waals surface area contributed by atoms with E-state index in [0.717, 1.165) is 18.7 Å². The van der Waals surface area contributed by atoms with Gasteiger partial charge in [0.1, 0.15) is 0 Å². The SMILES string of the molecule is COC(=O)CCOc1cc(CNCC(C)C)ccc1OC. The highest BCUT2D eigenvalue weighted by atomic mass is 16.5. The minimum absolute atomic E-state index is 0.218. The Hall–Kier alpha value is -1.75. The van der Waals surface area contributed by atoms with Crippen LogP contribution in [0, 0.1) is 5.92 Å². The van der Waals surface area contributed by atoms with Crippen LogP contribution in [0.4, 0.5) is 0 Å². The molecule has 5 heteroatoms. The van der Waals surface area contributed by atoms with Crippen molar-refractivity contribution in [3.63, 3.8) is 0 Å². The van der Waals surface area contributed by atoms with Crippen molar-refractivity contribution in [2.75, 3.05) is 27.4 Å². The zero-order valence-electron chi connectivity index (χ0n) is 13.3. The summed E-state index contributed by atoms with van der Waals surface area (Å²) >= 11 is 0. The second-order valence-electron chi connectivity index (χ2n) is 5.18. The second-order valence-corrected chi connectivity index (χ2v) is 5.18. The monoisotopic (exact) mass is 295 g/mol. The molecule has 0 amide bonds. The molecule has 0 aliphatic carbocycles. The van der Waals surface area contributed by atoms with Crippen molar-refractivity contribution in [3.8, 4) is 11.5 Å². The summed E-state index contributed by atoms with van der Waals surface area (Å²) in [6.07, 6.45) is 0.218. The molecule has 1 aromatic carbocycles. The van der Waals surface area contributed by atoms with Gasteiger partial charge in [0, 0.05) is 6.54 Å². The number of methoxy groups -OCH3 is 2. The van der Waals surface area contributed by atoms with E-state index in [-0.39, 0.29) is 19.0 Å². The zero-order valence-corrected chi connectivity index (χ0v) is 13.3. The van der Waals surface area contributed by atoms with Gasteiger partial charge in [-0.05, 0) is 30.2 Å². The average Bonchev–Trinajstić information content (AvgIpc) is 2.47. The standard InChI is InChI=1S/C16H25NO4/c1-12(2)10-17-11-13-5-6-14(19-3)15(9-13)21-8-7-16(18)20-4/h5-6,9,12,17H,7-8,10-11H2,1-4H3. The summed E-state index contributed by atoms with van der Waals surface area (Å²) in [7, 11) is 2.96. The fourth-order valence-electron chi connectivity index (χ4n) is 1.80. The Morgan fingerprint density at radius 1 is 1.24 bits per heavy atom. The van der Waals surface area contributed by atoms with Crippen molar-refractivity contribution >= 4 is 5.97 Å². The Labute approximate surface area is 126 Å². The van der Waals surface area contributed by atoms with E-state index in [4.69, 9.17) is 9.47 Å². The van der Waals surface area contributed by atoms with Crippen molar-refractivity contribution in [3.05, 3.63) is 23.8 Å². The number of hydrogen-bond donors (Lipinski definition) is 1. The van der Waals surface area contributed by atoms with Crippen molar-refractivity contribution < 1.29 is 19.0 Å². The molecule has 0 unspecified atom stereocenters. The molecule has 0 aliphatic heterocycles. The molecular weight excluding hydrogens is 270 g/mol. The minimum atomic E-state index is -0.288. The number of carbonyl (C=O) groups is 1. The molecule has 0 aromatic heterocycles. The summed E-state index contributed by atoms with van der Waals surface area (Å²) in [5.74, 6) is 1.63. The van der Waals surface area contributed by atoms with Gasteiger partial charge < -0.3 is 19.5 Å². The molecule has 0 atom stereocenters. The van der Waals surface area contributed by atoms with Gasteiger partial charge in [0.25, 0.3) is 0 Å². The summed E-state index contributed by atoms with van der Waals surface area (Å²) in [6, 6.07) is 5.81. The van der Waals surface area contributed by atoms with Gasteiger partial charge in [0.2, 0.25) is 0 Å². The maximum atomic E-state index is 11.1. The highest BCUT2D eigenvalue weighted by Crippen LogP contribution is 2.28. The summed E-state index contributed by atoms with van der Waals surface area (Å²) in [6.45, 7) is 6.34. The lowest BCUT2D eigenvalue weighted by molar-refractivity contribution is -0.141. The van der Waals surface area contributed by atoms with Crippen LogP contribution in [0.1, 0.15) is 25.8 Å². The number of ether oxygens (including phenoxy) is 3. The quantitative estimate of drug-likeness (QED) is 0.709. The van der Waals surface area contributed by atoms with Crippen LogP contribution in [-0.2, 0) is 16.1 Å². The first-order chi connectivity index (χ1) is 10.1. The number of rotatable bonds is 9. The molecule has 0 aliphatic rings. The molecule has 1 aromatic rings. The third kappa shape index (κ3) is 6.49. The Balaban J connectivity index is 2.60. The van der Waals surface area contributed by atoms with E-state index in [2.05, 4.69) is 23.9 Å². The van der Waals surface area contributed by atoms with Crippen LogP contribution < -0.4 is 14.8 Å². The Kier molecular flexibility index (Phi) is 7.61. The first-order valence-corrected chi connectivity index (χ1v) is 7.14. The van der Waals surface area contributed by atoms with Gasteiger partial charge in [-0.25, -0.2) is 0 Å². The average molecular weight is 295 g/mol. The first kappa shape index (κ1) is 17.3. The topological polar surface area (TPSA) is 56.8 Å². The van der Waals surface area contributed by atoms with E-state index < -0.39 is 0 Å². The van der Waals surface area contributed by atoms with E-state index in [1.807, 2.05) is 18.2 Å². The smallest absolute Gasteiger partial charge is 0.308 e. The van der Waals surface area contributed by atoms with Crippen molar-refractivity contribution in [2.24, 2.45) is 5.92 Å². The Bertz CT molecular complexity index is 446. The van der Waals surface area contributed by atoms with Gasteiger partial charge in [0.05, 0.1) is 27.2 Å².